The van der Waals surface area contributed by atoms with E-state index in [2.05, 4.69) is 0 Å². The van der Waals surface area contributed by atoms with Gasteiger partial charge in [0.15, 0.2) is 5.60 Å². The molecule has 9 nitrogen and oxygen atoms in total. The maximum absolute atomic E-state index is 13.0. The van der Waals surface area contributed by atoms with Crippen LogP contribution in [0.5, 0.6) is 0 Å². The summed E-state index contributed by atoms with van der Waals surface area (Å²) >= 11 is 0. The average molecular weight is 591 g/mol. The number of esters is 1. The highest BCUT2D eigenvalue weighted by Gasteiger charge is 2.45. The van der Waals surface area contributed by atoms with Gasteiger partial charge in [-0.3, -0.25) is 14.4 Å². The van der Waals surface area contributed by atoms with E-state index >= 15 is 0 Å². The smallest absolute Gasteiger partial charge is 0.343 e. The van der Waals surface area contributed by atoms with Crippen molar-refractivity contribution < 1.29 is 29.3 Å². The summed E-state index contributed by atoms with van der Waals surface area (Å²) in [5.41, 5.74) is 3.75. The Balaban J connectivity index is 0.000000168. The van der Waals surface area contributed by atoms with Crippen molar-refractivity contribution in [3.63, 3.8) is 0 Å². The van der Waals surface area contributed by atoms with Crippen molar-refractivity contribution in [1.82, 2.24) is 9.55 Å². The first kappa shape index (κ1) is 28.9. The molecular weight excluding hydrogens is 560 g/mol. The number of carbonyl (C=O) groups excluding carboxylic acids is 3. The molecule has 2 N–H and O–H groups in total. The molecule has 0 saturated heterocycles. The number of nitrogens with zero attached hydrogens (tertiary/aromatic N) is 2. The molecule has 1 unspecified atom stereocenters. The molecule has 0 spiro atoms. The summed E-state index contributed by atoms with van der Waals surface area (Å²) in [6.07, 6.45) is 2.25. The van der Waals surface area contributed by atoms with E-state index in [0.29, 0.717) is 28.9 Å². The van der Waals surface area contributed by atoms with Gasteiger partial charge in [0.05, 0.1) is 29.0 Å². The van der Waals surface area contributed by atoms with Crippen LogP contribution < -0.4 is 5.56 Å². The Morgan fingerprint density at radius 3 is 2.43 bits per heavy atom. The fourth-order valence-electron chi connectivity index (χ4n) is 5.84. The molecule has 7 rings (SSSR count). The zero-order chi connectivity index (χ0) is 31.3. The first-order chi connectivity index (χ1) is 21.0. The summed E-state index contributed by atoms with van der Waals surface area (Å²) in [6, 6.07) is 18.2. The molecule has 1 aliphatic carbocycles. The molecule has 0 saturated carbocycles. The Morgan fingerprint density at radius 1 is 1.00 bits per heavy atom. The second-order valence-corrected chi connectivity index (χ2v) is 11.3. The molecule has 2 aromatic heterocycles. The van der Waals surface area contributed by atoms with Crippen molar-refractivity contribution in [3.8, 4) is 11.4 Å². The van der Waals surface area contributed by atoms with E-state index < -0.39 is 23.1 Å². The number of benzene rings is 2. The molecular formula is C35H30N2O7. The van der Waals surface area contributed by atoms with Crippen LogP contribution in [0.3, 0.4) is 0 Å². The predicted molar refractivity (Wildman–Crippen MR) is 164 cm³/mol. The highest BCUT2D eigenvalue weighted by atomic mass is 16.6. The summed E-state index contributed by atoms with van der Waals surface area (Å²) < 4.78 is 6.72. The number of aromatic nitrogens is 2. The number of pyridine rings is 2. The maximum atomic E-state index is 13.0. The van der Waals surface area contributed by atoms with Crippen molar-refractivity contribution in [1.29, 1.82) is 0 Å². The molecule has 3 aliphatic rings. The van der Waals surface area contributed by atoms with E-state index in [4.69, 9.17) is 9.72 Å². The van der Waals surface area contributed by atoms with E-state index in [1.165, 1.54) is 0 Å². The first-order valence-electron chi connectivity index (χ1n) is 14.3. The number of allylic oxidation sites excluding steroid dienone is 3. The minimum Gasteiger partial charge on any atom is -0.507 e. The van der Waals surface area contributed by atoms with Crippen molar-refractivity contribution in [2.45, 2.75) is 52.4 Å². The van der Waals surface area contributed by atoms with Gasteiger partial charge in [0.25, 0.3) is 5.56 Å². The molecule has 222 valence electrons. The van der Waals surface area contributed by atoms with Crippen LogP contribution in [-0.4, -0.2) is 37.3 Å². The number of fused-ring (bicyclic) bond motifs is 6. The van der Waals surface area contributed by atoms with Gasteiger partial charge in [-0.2, -0.15) is 0 Å². The van der Waals surface area contributed by atoms with Crippen molar-refractivity contribution in [3.05, 3.63) is 116 Å². The number of hydrogen-bond acceptors (Lipinski definition) is 8. The van der Waals surface area contributed by atoms with Crippen LogP contribution in [0.2, 0.25) is 0 Å². The van der Waals surface area contributed by atoms with E-state index in [1.54, 1.807) is 41.8 Å². The van der Waals surface area contributed by atoms with Gasteiger partial charge in [0, 0.05) is 33.2 Å². The number of hydrogen-bond donors (Lipinski definition) is 2. The molecule has 4 heterocycles. The maximum Gasteiger partial charge on any atom is 0.343 e. The number of Topliss-reactive ketones (excluding diaryl/α,β-unsaturated/α-hetero) is 2. The summed E-state index contributed by atoms with van der Waals surface area (Å²) in [5, 5.41) is 21.9. The fourth-order valence-corrected chi connectivity index (χ4v) is 5.84. The Hall–Kier alpha value is -5.15. The largest absolute Gasteiger partial charge is 0.507 e. The van der Waals surface area contributed by atoms with Gasteiger partial charge in [-0.05, 0) is 44.9 Å². The van der Waals surface area contributed by atoms with Gasteiger partial charge < -0.3 is 19.5 Å². The normalized spacial score (nSPS) is 18.0. The van der Waals surface area contributed by atoms with E-state index in [-0.39, 0.29) is 41.9 Å². The zero-order valence-corrected chi connectivity index (χ0v) is 24.5. The van der Waals surface area contributed by atoms with Crippen molar-refractivity contribution in [2.24, 2.45) is 0 Å². The van der Waals surface area contributed by atoms with Crippen molar-refractivity contribution in [2.75, 3.05) is 0 Å². The lowest BCUT2D eigenvalue weighted by atomic mass is 9.86. The Labute approximate surface area is 252 Å². The predicted octanol–water partition coefficient (Wildman–Crippen LogP) is 5.16. The topological polar surface area (TPSA) is 136 Å². The molecule has 2 aliphatic heterocycles. The fraction of sp³-hybridized carbons (Fsp3) is 0.229. The van der Waals surface area contributed by atoms with Gasteiger partial charge in [-0.15, -0.1) is 0 Å². The Morgan fingerprint density at radius 2 is 1.70 bits per heavy atom. The summed E-state index contributed by atoms with van der Waals surface area (Å²) in [5.74, 6) is -1.93. The van der Waals surface area contributed by atoms with Crippen LogP contribution in [0.1, 0.15) is 66.2 Å². The second-order valence-electron chi connectivity index (χ2n) is 11.3. The molecule has 1 atom stereocenters. The number of rotatable bonds is 3. The molecule has 44 heavy (non-hydrogen) atoms. The number of aliphatic hydroxyl groups excluding tert-OH is 1. The van der Waals surface area contributed by atoms with Crippen molar-refractivity contribution >= 4 is 34.2 Å². The molecule has 0 fully saturated rings. The molecule has 0 bridgehead atoms. The molecule has 0 radical (unpaired) electrons. The number of carbonyl (C=O) groups is 3. The zero-order valence-electron chi connectivity index (χ0n) is 24.5. The van der Waals surface area contributed by atoms with E-state index in [1.807, 2.05) is 50.3 Å². The third kappa shape index (κ3) is 4.57. The number of cyclic esters (lactones) is 1. The van der Waals surface area contributed by atoms with Crippen LogP contribution in [-0.2, 0) is 33.1 Å². The third-order valence-corrected chi connectivity index (χ3v) is 8.32. The highest BCUT2D eigenvalue weighted by Crippen LogP contribution is 2.38. The lowest BCUT2D eigenvalue weighted by Crippen LogP contribution is -2.44. The molecule has 0 amide bonds. The minimum absolute atomic E-state index is 0.0762. The monoisotopic (exact) mass is 590 g/mol. The van der Waals surface area contributed by atoms with Gasteiger partial charge in [-0.1, -0.05) is 61.0 Å². The average Bonchev–Trinajstić information content (AvgIpc) is 3.38. The van der Waals surface area contributed by atoms with Crippen LogP contribution in [0, 0.1) is 0 Å². The molecule has 4 aromatic rings. The standard InChI is InChI=1S/C20H16N2O4.C15H14O3/c1-2-20(25)14-8-16-17-12(7-11-5-3-4-6-15(11)21-17)9-22(16)18(23)13(14)10-26-19(20)24;1-9(2)7-8-12-13(16)10-5-3-4-6-11(10)14(17)15(12)18/h3-8,25H,2,9-10H2,1H3;3-7,16H,8H2,1-2H3. The lowest BCUT2D eigenvalue weighted by molar-refractivity contribution is -0.172. The number of ether oxygens (including phenoxy) is 1. The first-order valence-corrected chi connectivity index (χ1v) is 14.3. The number of ketones is 2. The van der Waals surface area contributed by atoms with Gasteiger partial charge in [-0.25, -0.2) is 9.78 Å². The van der Waals surface area contributed by atoms with E-state index in [9.17, 15) is 29.4 Å². The second kappa shape index (κ2) is 10.8. The highest BCUT2D eigenvalue weighted by molar-refractivity contribution is 6.52. The summed E-state index contributed by atoms with van der Waals surface area (Å²) in [6.45, 7) is 5.82. The Bertz CT molecular complexity index is 2030. The lowest BCUT2D eigenvalue weighted by Gasteiger charge is -2.31. The van der Waals surface area contributed by atoms with Crippen LogP contribution in [0.25, 0.3) is 28.0 Å². The minimum atomic E-state index is -1.79. The van der Waals surface area contributed by atoms with Gasteiger partial charge in [0.2, 0.25) is 11.6 Å². The van der Waals surface area contributed by atoms with Gasteiger partial charge >= 0.3 is 5.97 Å². The van der Waals surface area contributed by atoms with Crippen LogP contribution >= 0.6 is 0 Å². The van der Waals surface area contributed by atoms with Crippen LogP contribution in [0.15, 0.2) is 82.7 Å². The SMILES string of the molecule is CC(C)=CCC1=C(O)c2ccccc2C(=O)C1=O.CCC1(O)C(=O)OCc2c1cc1n(c2=O)Cc2cc3ccccc3nc2-1. The molecule has 9 heteroatoms. The van der Waals surface area contributed by atoms with Gasteiger partial charge in [0.1, 0.15) is 12.4 Å². The number of para-hydroxylation sites is 1. The van der Waals surface area contributed by atoms with Crippen LogP contribution in [0.4, 0.5) is 0 Å². The molecule has 2 aromatic carbocycles. The quantitative estimate of drug-likeness (QED) is 0.167. The summed E-state index contributed by atoms with van der Waals surface area (Å²) in [4.78, 5) is 53.7. The third-order valence-electron chi connectivity index (χ3n) is 8.32. The number of aliphatic hydroxyl groups is 2. The summed E-state index contributed by atoms with van der Waals surface area (Å²) in [7, 11) is 0. The van der Waals surface area contributed by atoms with E-state index in [0.717, 1.165) is 27.7 Å². The Kier molecular flexibility index (Phi) is 7.13.